The SMILES string of the molecule is CCc1ccc(OC(=O)Cn2c3ccccc3c(=O)c3ccccc32)cc1. The van der Waals surface area contributed by atoms with Crippen molar-refractivity contribution in [3.8, 4) is 5.75 Å². The molecule has 3 aromatic carbocycles. The Balaban J connectivity index is 1.74. The zero-order valence-corrected chi connectivity index (χ0v) is 15.0. The fourth-order valence-corrected chi connectivity index (χ4v) is 3.33. The third-order valence-corrected chi connectivity index (χ3v) is 4.73. The number of para-hydroxylation sites is 2. The highest BCUT2D eigenvalue weighted by Gasteiger charge is 2.14. The summed E-state index contributed by atoms with van der Waals surface area (Å²) in [5.41, 5.74) is 2.60. The van der Waals surface area contributed by atoms with Crippen molar-refractivity contribution in [2.24, 2.45) is 0 Å². The van der Waals surface area contributed by atoms with Crippen molar-refractivity contribution in [2.75, 3.05) is 0 Å². The summed E-state index contributed by atoms with van der Waals surface area (Å²) in [5, 5.41) is 1.19. The molecule has 0 atom stereocenters. The predicted molar refractivity (Wildman–Crippen MR) is 107 cm³/mol. The lowest BCUT2D eigenvalue weighted by atomic mass is 10.1. The van der Waals surface area contributed by atoms with Gasteiger partial charge in [-0.2, -0.15) is 0 Å². The minimum Gasteiger partial charge on any atom is -0.425 e. The van der Waals surface area contributed by atoms with Crippen LogP contribution in [0.15, 0.2) is 77.6 Å². The maximum absolute atomic E-state index is 12.7. The Labute approximate surface area is 156 Å². The monoisotopic (exact) mass is 357 g/mol. The lowest BCUT2D eigenvalue weighted by molar-refractivity contribution is -0.134. The van der Waals surface area contributed by atoms with Gasteiger partial charge in [0.05, 0.1) is 11.0 Å². The van der Waals surface area contributed by atoms with Gasteiger partial charge in [0.25, 0.3) is 0 Å². The van der Waals surface area contributed by atoms with Crippen LogP contribution in [0.25, 0.3) is 21.8 Å². The molecule has 0 saturated heterocycles. The highest BCUT2D eigenvalue weighted by Crippen LogP contribution is 2.20. The molecule has 4 nitrogen and oxygen atoms in total. The topological polar surface area (TPSA) is 48.3 Å². The smallest absolute Gasteiger partial charge is 0.331 e. The van der Waals surface area contributed by atoms with Crippen LogP contribution in [0.2, 0.25) is 0 Å². The molecule has 0 bridgehead atoms. The van der Waals surface area contributed by atoms with Crippen molar-refractivity contribution in [2.45, 2.75) is 19.9 Å². The fourth-order valence-electron chi connectivity index (χ4n) is 3.33. The predicted octanol–water partition coefficient (Wildman–Crippen LogP) is 4.32. The van der Waals surface area contributed by atoms with Crippen molar-refractivity contribution < 1.29 is 9.53 Å². The van der Waals surface area contributed by atoms with Crippen molar-refractivity contribution in [3.63, 3.8) is 0 Å². The summed E-state index contributed by atoms with van der Waals surface area (Å²) in [6.45, 7) is 2.10. The van der Waals surface area contributed by atoms with Crippen LogP contribution in [0.5, 0.6) is 5.75 Å². The molecule has 1 aromatic heterocycles. The lowest BCUT2D eigenvalue weighted by Gasteiger charge is -2.14. The van der Waals surface area contributed by atoms with Crippen LogP contribution in [0.1, 0.15) is 12.5 Å². The van der Waals surface area contributed by atoms with Gasteiger partial charge < -0.3 is 9.30 Å². The number of aryl methyl sites for hydroxylation is 1. The Hall–Kier alpha value is -3.40. The number of hydrogen-bond acceptors (Lipinski definition) is 3. The second-order valence-corrected chi connectivity index (χ2v) is 6.42. The Morgan fingerprint density at radius 3 is 1.96 bits per heavy atom. The van der Waals surface area contributed by atoms with Crippen LogP contribution < -0.4 is 10.2 Å². The highest BCUT2D eigenvalue weighted by atomic mass is 16.5. The molecule has 1 heterocycles. The van der Waals surface area contributed by atoms with Crippen LogP contribution in [0, 0.1) is 0 Å². The number of hydrogen-bond donors (Lipinski definition) is 0. The number of esters is 1. The number of ether oxygens (including phenoxy) is 1. The van der Waals surface area contributed by atoms with Gasteiger partial charge in [0, 0.05) is 10.8 Å². The number of carbonyl (C=O) groups excluding carboxylic acids is 1. The molecular formula is C23H19NO3. The summed E-state index contributed by atoms with van der Waals surface area (Å²) in [6, 6.07) is 22.2. The number of aromatic nitrogens is 1. The van der Waals surface area contributed by atoms with Gasteiger partial charge in [-0.15, -0.1) is 0 Å². The van der Waals surface area contributed by atoms with Crippen molar-refractivity contribution in [3.05, 3.63) is 88.6 Å². The number of fused-ring (bicyclic) bond motifs is 2. The van der Waals surface area contributed by atoms with Gasteiger partial charge in [0.15, 0.2) is 5.43 Å². The van der Waals surface area contributed by atoms with E-state index in [-0.39, 0.29) is 17.9 Å². The molecule has 0 fully saturated rings. The van der Waals surface area contributed by atoms with Gasteiger partial charge in [-0.1, -0.05) is 43.3 Å². The van der Waals surface area contributed by atoms with Crippen molar-refractivity contribution in [1.82, 2.24) is 4.57 Å². The van der Waals surface area contributed by atoms with Crippen LogP contribution in [-0.2, 0) is 17.8 Å². The van der Waals surface area contributed by atoms with Gasteiger partial charge in [-0.3, -0.25) is 4.79 Å². The number of carbonyl (C=O) groups is 1. The van der Waals surface area contributed by atoms with E-state index in [1.165, 1.54) is 5.56 Å². The summed E-state index contributed by atoms with van der Waals surface area (Å²) in [7, 11) is 0. The molecule has 4 rings (SSSR count). The Bertz CT molecular complexity index is 1130. The molecule has 4 heteroatoms. The molecular weight excluding hydrogens is 338 g/mol. The van der Waals surface area contributed by atoms with E-state index in [2.05, 4.69) is 6.92 Å². The second kappa shape index (κ2) is 7.08. The average Bonchev–Trinajstić information content (AvgIpc) is 2.72. The molecule has 0 N–H and O–H groups in total. The summed E-state index contributed by atoms with van der Waals surface area (Å²) in [4.78, 5) is 25.3. The van der Waals surface area contributed by atoms with E-state index < -0.39 is 0 Å². The normalized spacial score (nSPS) is 11.0. The van der Waals surface area contributed by atoms with Crippen LogP contribution >= 0.6 is 0 Å². The number of benzene rings is 3. The summed E-state index contributed by atoms with van der Waals surface area (Å²) >= 11 is 0. The molecule has 0 radical (unpaired) electrons. The molecule has 27 heavy (non-hydrogen) atoms. The summed E-state index contributed by atoms with van der Waals surface area (Å²) < 4.78 is 7.35. The minimum absolute atomic E-state index is 0.0246. The van der Waals surface area contributed by atoms with E-state index in [9.17, 15) is 9.59 Å². The molecule has 0 aliphatic rings. The first-order valence-corrected chi connectivity index (χ1v) is 8.97. The molecule has 0 aliphatic heterocycles. The Kier molecular flexibility index (Phi) is 4.47. The zero-order valence-electron chi connectivity index (χ0n) is 15.0. The van der Waals surface area contributed by atoms with Gasteiger partial charge in [0.2, 0.25) is 0 Å². The Morgan fingerprint density at radius 2 is 1.41 bits per heavy atom. The van der Waals surface area contributed by atoms with Crippen molar-refractivity contribution >= 4 is 27.8 Å². The molecule has 4 aromatic rings. The van der Waals surface area contributed by atoms with E-state index in [1.54, 1.807) is 24.3 Å². The van der Waals surface area contributed by atoms with Crippen LogP contribution in [0.4, 0.5) is 0 Å². The van der Waals surface area contributed by atoms with Gasteiger partial charge in [0.1, 0.15) is 12.3 Å². The quantitative estimate of drug-likeness (QED) is 0.310. The average molecular weight is 357 g/mol. The van der Waals surface area contributed by atoms with E-state index in [0.29, 0.717) is 16.5 Å². The largest absolute Gasteiger partial charge is 0.425 e. The maximum atomic E-state index is 12.7. The summed E-state index contributed by atoms with van der Waals surface area (Å²) in [5.74, 6) is 0.144. The second-order valence-electron chi connectivity index (χ2n) is 6.42. The first-order chi connectivity index (χ1) is 13.2. The number of rotatable bonds is 4. The third-order valence-electron chi connectivity index (χ3n) is 4.73. The molecule has 0 unspecified atom stereocenters. The first-order valence-electron chi connectivity index (χ1n) is 8.97. The van der Waals surface area contributed by atoms with Crippen LogP contribution in [-0.4, -0.2) is 10.5 Å². The lowest BCUT2D eigenvalue weighted by Crippen LogP contribution is -2.19. The van der Waals surface area contributed by atoms with Crippen LogP contribution in [0.3, 0.4) is 0 Å². The summed E-state index contributed by atoms with van der Waals surface area (Å²) in [6.07, 6.45) is 0.934. The maximum Gasteiger partial charge on any atom is 0.331 e. The van der Waals surface area contributed by atoms with Crippen molar-refractivity contribution in [1.29, 1.82) is 0 Å². The highest BCUT2D eigenvalue weighted by molar-refractivity contribution is 5.94. The minimum atomic E-state index is -0.377. The number of pyridine rings is 1. The molecule has 0 spiro atoms. The zero-order chi connectivity index (χ0) is 18.8. The Morgan fingerprint density at radius 1 is 0.852 bits per heavy atom. The standard InChI is InChI=1S/C23H19NO3/c1-2-16-11-13-17(14-12-16)27-22(25)15-24-20-9-5-3-7-18(20)23(26)19-8-4-6-10-21(19)24/h3-14H,2,15H2,1H3. The molecule has 0 amide bonds. The van der Waals surface area contributed by atoms with Gasteiger partial charge in [-0.05, 0) is 48.4 Å². The van der Waals surface area contributed by atoms with E-state index in [4.69, 9.17) is 4.74 Å². The van der Waals surface area contributed by atoms with Gasteiger partial charge in [-0.25, -0.2) is 4.79 Å². The molecule has 0 saturated carbocycles. The van der Waals surface area contributed by atoms with E-state index >= 15 is 0 Å². The van der Waals surface area contributed by atoms with E-state index in [1.807, 2.05) is 53.1 Å². The number of nitrogens with zero attached hydrogens (tertiary/aromatic N) is 1. The molecule has 134 valence electrons. The first kappa shape index (κ1) is 17.0. The fraction of sp³-hybridized carbons (Fsp3) is 0.130. The molecule has 0 aliphatic carbocycles. The van der Waals surface area contributed by atoms with E-state index in [0.717, 1.165) is 17.5 Å². The third kappa shape index (κ3) is 3.22. The van der Waals surface area contributed by atoms with Gasteiger partial charge >= 0.3 is 5.97 Å².